The number of nitriles is 1. The van der Waals surface area contributed by atoms with Gasteiger partial charge in [-0.1, -0.05) is 30.3 Å². The van der Waals surface area contributed by atoms with Crippen molar-refractivity contribution in [1.29, 1.82) is 10.7 Å². The third-order valence-electron chi connectivity index (χ3n) is 2.99. The molecule has 0 amide bonds. The van der Waals surface area contributed by atoms with E-state index in [1.165, 1.54) is 6.07 Å². The minimum Gasteiger partial charge on any atom is -0.478 e. The van der Waals surface area contributed by atoms with Crippen LogP contribution in [0.2, 0.25) is 0 Å². The van der Waals surface area contributed by atoms with Crippen molar-refractivity contribution in [2.24, 2.45) is 10.8 Å². The van der Waals surface area contributed by atoms with E-state index in [9.17, 15) is 9.90 Å². The molecule has 0 aliphatic heterocycles. The van der Waals surface area contributed by atoms with Crippen molar-refractivity contribution in [1.82, 2.24) is 0 Å². The maximum atomic E-state index is 11.3. The van der Waals surface area contributed by atoms with E-state index >= 15 is 0 Å². The fourth-order valence-corrected chi connectivity index (χ4v) is 1.94. The number of rotatable bonds is 5. The monoisotopic (exact) mass is 307 g/mol. The maximum Gasteiger partial charge on any atom is 0.336 e. The second-order valence-electron chi connectivity index (χ2n) is 4.53. The molecule has 0 spiro atoms. The van der Waals surface area contributed by atoms with Crippen molar-refractivity contribution in [3.63, 3.8) is 0 Å². The number of aromatic carboxylic acids is 1. The van der Waals surface area contributed by atoms with Gasteiger partial charge in [0.2, 0.25) is 5.71 Å². The van der Waals surface area contributed by atoms with E-state index in [4.69, 9.17) is 16.4 Å². The van der Waals surface area contributed by atoms with Gasteiger partial charge in [0.25, 0.3) is 0 Å². The summed E-state index contributed by atoms with van der Waals surface area (Å²) in [5, 5.41) is 29.0. The van der Waals surface area contributed by atoms with Gasteiger partial charge in [-0.2, -0.15) is 10.4 Å². The van der Waals surface area contributed by atoms with Gasteiger partial charge in [-0.15, -0.1) is 0 Å². The first-order valence-electron chi connectivity index (χ1n) is 6.54. The van der Waals surface area contributed by atoms with Gasteiger partial charge in [0, 0.05) is 0 Å². The lowest BCUT2D eigenvalue weighted by atomic mass is 9.99. The largest absolute Gasteiger partial charge is 0.478 e. The maximum absolute atomic E-state index is 11.3. The molecule has 0 atom stereocenters. The second-order valence-corrected chi connectivity index (χ2v) is 4.53. The number of carboxylic acids is 1. The van der Waals surface area contributed by atoms with Crippen LogP contribution in [0.5, 0.6) is 0 Å². The molecule has 7 heteroatoms. The molecule has 0 bridgehead atoms. The molecule has 0 radical (unpaired) electrons. The first kappa shape index (κ1) is 15.7. The van der Waals surface area contributed by atoms with E-state index in [0.29, 0.717) is 16.8 Å². The van der Waals surface area contributed by atoms with E-state index in [-0.39, 0.29) is 11.3 Å². The summed E-state index contributed by atoms with van der Waals surface area (Å²) in [7, 11) is 0. The fraction of sp³-hybridized carbons (Fsp3) is 0. The number of nitrogens with zero attached hydrogens (tertiary/aromatic N) is 2. The number of anilines is 1. The number of carboxylic acid groups (broad SMARTS) is 1. The van der Waals surface area contributed by atoms with Crippen LogP contribution in [-0.2, 0) is 0 Å². The quantitative estimate of drug-likeness (QED) is 0.382. The average molecular weight is 307 g/mol. The summed E-state index contributed by atoms with van der Waals surface area (Å²) < 4.78 is 0. The standard InChI is InChI=1S/C16H13N5O2/c17-9-14(15(18)19)21-20-11-5-3-4-10(8-11)12-6-1-2-7-13(12)16(22)23/h1-8,20H,(H3,18,19)(H,22,23)/b21-14+. The molecule has 0 heterocycles. The Morgan fingerprint density at radius 2 is 2.00 bits per heavy atom. The van der Waals surface area contributed by atoms with E-state index in [1.807, 2.05) is 0 Å². The topological polar surface area (TPSA) is 135 Å². The van der Waals surface area contributed by atoms with E-state index in [1.54, 1.807) is 48.5 Å². The van der Waals surface area contributed by atoms with Crippen LogP contribution in [0.15, 0.2) is 53.6 Å². The van der Waals surface area contributed by atoms with Crippen LogP contribution < -0.4 is 11.2 Å². The number of amidine groups is 1. The Hall–Kier alpha value is -3.66. The Morgan fingerprint density at radius 3 is 2.65 bits per heavy atom. The fourth-order valence-electron chi connectivity index (χ4n) is 1.94. The van der Waals surface area contributed by atoms with Gasteiger partial charge >= 0.3 is 5.97 Å². The van der Waals surface area contributed by atoms with Crippen LogP contribution in [-0.4, -0.2) is 22.6 Å². The van der Waals surface area contributed by atoms with Crippen LogP contribution in [0.3, 0.4) is 0 Å². The third kappa shape index (κ3) is 3.71. The molecule has 7 nitrogen and oxygen atoms in total. The first-order valence-corrected chi connectivity index (χ1v) is 6.54. The Balaban J connectivity index is 2.37. The number of hydrogen-bond donors (Lipinski definition) is 4. The highest BCUT2D eigenvalue weighted by Gasteiger charge is 2.11. The third-order valence-corrected chi connectivity index (χ3v) is 2.99. The van der Waals surface area contributed by atoms with Crippen LogP contribution in [0.4, 0.5) is 5.69 Å². The van der Waals surface area contributed by atoms with Gasteiger partial charge in [-0.05, 0) is 29.3 Å². The Bertz CT molecular complexity index is 836. The van der Waals surface area contributed by atoms with Crippen molar-refractivity contribution >= 4 is 23.2 Å². The van der Waals surface area contributed by atoms with Crippen molar-refractivity contribution in [2.45, 2.75) is 0 Å². The molecule has 0 aromatic heterocycles. The summed E-state index contributed by atoms with van der Waals surface area (Å²) >= 11 is 0. The summed E-state index contributed by atoms with van der Waals surface area (Å²) in [5.41, 5.74) is 9.59. The lowest BCUT2D eigenvalue weighted by molar-refractivity contribution is 0.0697. The number of benzene rings is 2. The normalized spacial score (nSPS) is 10.7. The second kappa shape index (κ2) is 6.87. The summed E-state index contributed by atoms with van der Waals surface area (Å²) in [4.78, 5) is 11.3. The summed E-state index contributed by atoms with van der Waals surface area (Å²) in [6.45, 7) is 0. The molecule has 114 valence electrons. The number of carbonyl (C=O) groups is 1. The molecule has 0 fully saturated rings. The number of nitrogens with one attached hydrogen (secondary N) is 2. The zero-order valence-electron chi connectivity index (χ0n) is 11.9. The number of hydrazone groups is 1. The summed E-state index contributed by atoms with van der Waals surface area (Å²) in [5.74, 6) is -1.45. The molecular weight excluding hydrogens is 294 g/mol. The minimum atomic E-state index is -1.01. The molecule has 0 aliphatic rings. The first-order chi connectivity index (χ1) is 11.0. The summed E-state index contributed by atoms with van der Waals surface area (Å²) in [6, 6.07) is 15.2. The number of nitrogens with two attached hydrogens (primary N) is 1. The lowest BCUT2D eigenvalue weighted by Crippen LogP contribution is -2.21. The van der Waals surface area contributed by atoms with Crippen LogP contribution in [0, 0.1) is 16.7 Å². The lowest BCUT2D eigenvalue weighted by Gasteiger charge is -2.08. The highest BCUT2D eigenvalue weighted by atomic mass is 16.4. The SMILES string of the molecule is N#C/C(=N\Nc1cccc(-c2ccccc2C(=O)O)c1)C(=N)N. The molecule has 2 rings (SSSR count). The predicted molar refractivity (Wildman–Crippen MR) is 87.4 cm³/mol. The summed E-state index contributed by atoms with van der Waals surface area (Å²) in [6.07, 6.45) is 0. The minimum absolute atomic E-state index is 0.189. The molecule has 0 unspecified atom stereocenters. The van der Waals surface area contributed by atoms with Crippen LogP contribution >= 0.6 is 0 Å². The van der Waals surface area contributed by atoms with Gasteiger partial charge in [0.1, 0.15) is 6.07 Å². The molecule has 2 aromatic carbocycles. The highest BCUT2D eigenvalue weighted by molar-refractivity contribution is 6.45. The zero-order valence-corrected chi connectivity index (χ0v) is 11.9. The molecular formula is C16H13N5O2. The van der Waals surface area contributed by atoms with Crippen molar-refractivity contribution in [3.05, 3.63) is 54.1 Å². The van der Waals surface area contributed by atoms with Crippen molar-refractivity contribution in [2.75, 3.05) is 5.43 Å². The molecule has 5 N–H and O–H groups in total. The molecule has 0 aliphatic carbocycles. The smallest absolute Gasteiger partial charge is 0.336 e. The van der Waals surface area contributed by atoms with Gasteiger partial charge in [0.05, 0.1) is 11.3 Å². The van der Waals surface area contributed by atoms with Crippen molar-refractivity contribution in [3.8, 4) is 17.2 Å². The highest BCUT2D eigenvalue weighted by Crippen LogP contribution is 2.26. The Morgan fingerprint density at radius 1 is 1.26 bits per heavy atom. The van der Waals surface area contributed by atoms with Crippen LogP contribution in [0.25, 0.3) is 11.1 Å². The predicted octanol–water partition coefficient (Wildman–Crippen LogP) is 2.28. The van der Waals surface area contributed by atoms with E-state index in [0.717, 1.165) is 0 Å². The van der Waals surface area contributed by atoms with Crippen molar-refractivity contribution < 1.29 is 9.90 Å². The van der Waals surface area contributed by atoms with Gasteiger partial charge in [-0.3, -0.25) is 10.8 Å². The molecule has 23 heavy (non-hydrogen) atoms. The van der Waals surface area contributed by atoms with Gasteiger partial charge in [-0.25, -0.2) is 4.79 Å². The molecule has 0 saturated heterocycles. The molecule has 0 saturated carbocycles. The van der Waals surface area contributed by atoms with Crippen LogP contribution in [0.1, 0.15) is 10.4 Å². The number of hydrogen-bond acceptors (Lipinski definition) is 5. The Kier molecular flexibility index (Phi) is 4.69. The molecule has 2 aromatic rings. The van der Waals surface area contributed by atoms with E-state index < -0.39 is 11.8 Å². The average Bonchev–Trinajstić information content (AvgIpc) is 2.55. The van der Waals surface area contributed by atoms with Gasteiger partial charge < -0.3 is 10.8 Å². The Labute approximate surface area is 132 Å². The van der Waals surface area contributed by atoms with Gasteiger partial charge in [0.15, 0.2) is 5.84 Å². The zero-order chi connectivity index (χ0) is 16.8. The van der Waals surface area contributed by atoms with E-state index in [2.05, 4.69) is 10.5 Å².